The number of carbonyl (C=O) groups excluding carboxylic acids is 1. The van der Waals surface area contributed by atoms with E-state index in [0.29, 0.717) is 5.92 Å². The number of amides is 1. The van der Waals surface area contributed by atoms with Crippen molar-refractivity contribution in [2.45, 2.75) is 45.4 Å². The Balaban J connectivity index is 1.53. The van der Waals surface area contributed by atoms with E-state index in [2.05, 4.69) is 55.6 Å². The maximum absolute atomic E-state index is 12.3. The lowest BCUT2D eigenvalue weighted by atomic mass is 9.86. The molecule has 0 saturated heterocycles. The van der Waals surface area contributed by atoms with Gasteiger partial charge in [0, 0.05) is 5.92 Å². The van der Waals surface area contributed by atoms with Gasteiger partial charge in [0.1, 0.15) is 5.76 Å². The number of hydrogen-bond donors (Lipinski definition) is 1. The molecule has 4 nitrogen and oxygen atoms in total. The van der Waals surface area contributed by atoms with Crippen molar-refractivity contribution in [2.24, 2.45) is 11.0 Å². The number of nitrogens with one attached hydrogen (secondary N) is 1. The van der Waals surface area contributed by atoms with Gasteiger partial charge in [-0.2, -0.15) is 5.10 Å². The molecular weight excluding hydrogens is 324 g/mol. The largest absolute Gasteiger partial charge is 0.465 e. The number of allylic oxidation sites excluding steroid dienone is 1. The van der Waals surface area contributed by atoms with Crippen LogP contribution in [0.15, 0.2) is 58.3 Å². The SMILES string of the molecule is CC(/C=C/c1ccco1)=N\NC(=O)[C@@H]1C[C@@H]1c1ccc(C(C)(C)C)cc1. The van der Waals surface area contributed by atoms with Gasteiger partial charge >= 0.3 is 0 Å². The molecule has 1 aliphatic rings. The molecular formula is C22H26N2O2. The van der Waals surface area contributed by atoms with Crippen LogP contribution in [-0.4, -0.2) is 11.6 Å². The van der Waals surface area contributed by atoms with E-state index < -0.39 is 0 Å². The molecule has 136 valence electrons. The first kappa shape index (κ1) is 18.2. The molecule has 1 N–H and O–H groups in total. The molecule has 3 rings (SSSR count). The zero-order valence-electron chi connectivity index (χ0n) is 15.8. The molecule has 1 aromatic carbocycles. The van der Waals surface area contributed by atoms with Crippen molar-refractivity contribution in [1.29, 1.82) is 0 Å². The third kappa shape index (κ3) is 4.51. The number of carbonyl (C=O) groups is 1. The van der Waals surface area contributed by atoms with Gasteiger partial charge in [0.25, 0.3) is 0 Å². The molecule has 1 saturated carbocycles. The van der Waals surface area contributed by atoms with E-state index in [4.69, 9.17) is 4.42 Å². The Kier molecular flexibility index (Phi) is 5.12. The highest BCUT2D eigenvalue weighted by atomic mass is 16.3. The summed E-state index contributed by atoms with van der Waals surface area (Å²) in [5, 5.41) is 4.15. The molecule has 1 amide bonds. The van der Waals surface area contributed by atoms with E-state index in [-0.39, 0.29) is 17.2 Å². The Morgan fingerprint density at radius 3 is 2.58 bits per heavy atom. The van der Waals surface area contributed by atoms with Crippen LogP contribution in [0.2, 0.25) is 0 Å². The fourth-order valence-electron chi connectivity index (χ4n) is 2.94. The first-order chi connectivity index (χ1) is 12.3. The number of rotatable bonds is 5. The zero-order valence-corrected chi connectivity index (χ0v) is 15.8. The highest BCUT2D eigenvalue weighted by Gasteiger charge is 2.44. The zero-order chi connectivity index (χ0) is 18.7. The van der Waals surface area contributed by atoms with E-state index in [0.717, 1.165) is 17.9 Å². The fourth-order valence-corrected chi connectivity index (χ4v) is 2.94. The quantitative estimate of drug-likeness (QED) is 0.617. The smallest absolute Gasteiger partial charge is 0.243 e. The van der Waals surface area contributed by atoms with Crippen LogP contribution >= 0.6 is 0 Å². The summed E-state index contributed by atoms with van der Waals surface area (Å²) in [6, 6.07) is 12.3. The molecule has 0 unspecified atom stereocenters. The number of nitrogens with zero attached hydrogens (tertiary/aromatic N) is 1. The number of hydrazone groups is 1. The van der Waals surface area contributed by atoms with E-state index in [1.165, 1.54) is 11.1 Å². The molecule has 0 radical (unpaired) electrons. The minimum Gasteiger partial charge on any atom is -0.465 e. The maximum Gasteiger partial charge on any atom is 0.243 e. The lowest BCUT2D eigenvalue weighted by molar-refractivity contribution is -0.122. The van der Waals surface area contributed by atoms with Crippen LogP contribution in [-0.2, 0) is 10.2 Å². The van der Waals surface area contributed by atoms with Gasteiger partial charge < -0.3 is 4.42 Å². The van der Waals surface area contributed by atoms with Gasteiger partial charge in [-0.15, -0.1) is 0 Å². The first-order valence-electron chi connectivity index (χ1n) is 9.01. The van der Waals surface area contributed by atoms with Gasteiger partial charge in [-0.1, -0.05) is 45.0 Å². The van der Waals surface area contributed by atoms with Crippen molar-refractivity contribution < 1.29 is 9.21 Å². The van der Waals surface area contributed by atoms with Crippen molar-refractivity contribution in [3.05, 3.63) is 65.6 Å². The van der Waals surface area contributed by atoms with E-state index in [9.17, 15) is 4.79 Å². The van der Waals surface area contributed by atoms with Gasteiger partial charge in [0.05, 0.1) is 12.0 Å². The summed E-state index contributed by atoms with van der Waals surface area (Å²) in [5.41, 5.74) is 6.09. The van der Waals surface area contributed by atoms with Crippen molar-refractivity contribution in [1.82, 2.24) is 5.43 Å². The van der Waals surface area contributed by atoms with Crippen LogP contribution in [0.4, 0.5) is 0 Å². The lowest BCUT2D eigenvalue weighted by Gasteiger charge is -2.19. The monoisotopic (exact) mass is 350 g/mol. The average molecular weight is 350 g/mol. The Bertz CT molecular complexity index is 809. The maximum atomic E-state index is 12.3. The summed E-state index contributed by atoms with van der Waals surface area (Å²) < 4.78 is 5.22. The van der Waals surface area contributed by atoms with Crippen LogP contribution in [0.1, 0.15) is 56.9 Å². The summed E-state index contributed by atoms with van der Waals surface area (Å²) in [6.45, 7) is 8.46. The van der Waals surface area contributed by atoms with Crippen LogP contribution in [0, 0.1) is 5.92 Å². The van der Waals surface area contributed by atoms with Gasteiger partial charge in [-0.05, 0) is 60.1 Å². The third-order valence-electron chi connectivity index (χ3n) is 4.71. The van der Waals surface area contributed by atoms with Gasteiger partial charge in [0.15, 0.2) is 0 Å². The van der Waals surface area contributed by atoms with Crippen molar-refractivity contribution >= 4 is 17.7 Å². The topological polar surface area (TPSA) is 54.6 Å². The molecule has 1 aliphatic carbocycles. The standard InChI is InChI=1S/C22H26N2O2/c1-15(7-12-18-6-5-13-26-18)23-24-21(25)20-14-19(20)16-8-10-17(11-9-16)22(2,3)4/h5-13,19-20H,14H2,1-4H3,(H,24,25)/b12-7+,23-15+/t19-,20-/m1/s1. The number of hydrogen-bond acceptors (Lipinski definition) is 3. The molecule has 1 heterocycles. The second-order valence-electron chi connectivity index (χ2n) is 7.90. The Labute approximate surface area is 155 Å². The van der Waals surface area contributed by atoms with Gasteiger partial charge in [-0.25, -0.2) is 5.43 Å². The molecule has 4 heteroatoms. The van der Waals surface area contributed by atoms with Crippen molar-refractivity contribution in [2.75, 3.05) is 0 Å². The third-order valence-corrected chi connectivity index (χ3v) is 4.71. The van der Waals surface area contributed by atoms with Crippen molar-refractivity contribution in [3.63, 3.8) is 0 Å². The second kappa shape index (κ2) is 7.32. The Morgan fingerprint density at radius 1 is 1.23 bits per heavy atom. The summed E-state index contributed by atoms with van der Waals surface area (Å²) in [6.07, 6.45) is 6.14. The molecule has 2 aromatic rings. The molecule has 0 aliphatic heterocycles. The average Bonchev–Trinajstić information content (AvgIpc) is 3.24. The lowest BCUT2D eigenvalue weighted by Crippen LogP contribution is -2.21. The fraction of sp³-hybridized carbons (Fsp3) is 0.364. The minimum atomic E-state index is -0.0133. The van der Waals surface area contributed by atoms with Crippen molar-refractivity contribution in [3.8, 4) is 0 Å². The summed E-state index contributed by atoms with van der Waals surface area (Å²) in [4.78, 5) is 12.3. The second-order valence-corrected chi connectivity index (χ2v) is 7.90. The van der Waals surface area contributed by atoms with Gasteiger partial charge in [-0.3, -0.25) is 4.79 Å². The van der Waals surface area contributed by atoms with Crippen LogP contribution in [0.3, 0.4) is 0 Å². The molecule has 0 spiro atoms. The van der Waals surface area contributed by atoms with Gasteiger partial charge in [0.2, 0.25) is 5.91 Å². The normalized spacial score (nSPS) is 20.4. The Morgan fingerprint density at radius 2 is 1.96 bits per heavy atom. The molecule has 2 atom stereocenters. The predicted molar refractivity (Wildman–Crippen MR) is 105 cm³/mol. The highest BCUT2D eigenvalue weighted by Crippen LogP contribution is 2.47. The first-order valence-corrected chi connectivity index (χ1v) is 9.01. The van der Waals surface area contributed by atoms with Crippen LogP contribution < -0.4 is 5.43 Å². The molecule has 26 heavy (non-hydrogen) atoms. The van der Waals surface area contributed by atoms with E-state index in [1.807, 2.05) is 31.2 Å². The molecule has 0 bridgehead atoms. The number of benzene rings is 1. The van der Waals surface area contributed by atoms with Crippen LogP contribution in [0.25, 0.3) is 6.08 Å². The summed E-state index contributed by atoms with van der Waals surface area (Å²) in [7, 11) is 0. The highest BCUT2D eigenvalue weighted by molar-refractivity contribution is 5.97. The summed E-state index contributed by atoms with van der Waals surface area (Å²) in [5.74, 6) is 1.06. The molecule has 1 fully saturated rings. The predicted octanol–water partition coefficient (Wildman–Crippen LogP) is 4.89. The molecule has 1 aromatic heterocycles. The number of furan rings is 1. The van der Waals surface area contributed by atoms with Crippen LogP contribution in [0.5, 0.6) is 0 Å². The van der Waals surface area contributed by atoms with E-state index >= 15 is 0 Å². The minimum absolute atomic E-state index is 0.0133. The summed E-state index contributed by atoms with van der Waals surface area (Å²) >= 11 is 0. The van der Waals surface area contributed by atoms with E-state index in [1.54, 1.807) is 6.26 Å². The Hall–Kier alpha value is -2.62.